The lowest BCUT2D eigenvalue weighted by molar-refractivity contribution is -0.144. The van der Waals surface area contributed by atoms with E-state index in [1.54, 1.807) is 6.92 Å². The summed E-state index contributed by atoms with van der Waals surface area (Å²) in [6, 6.07) is 0. The van der Waals surface area contributed by atoms with Gasteiger partial charge in [0.15, 0.2) is 0 Å². The summed E-state index contributed by atoms with van der Waals surface area (Å²) >= 11 is 0. The molecule has 0 aromatic heterocycles. The molecule has 7 heteroatoms. The Bertz CT molecular complexity index is 230. The van der Waals surface area contributed by atoms with E-state index in [-0.39, 0.29) is 19.6 Å². The average Bonchev–Trinajstić information content (AvgIpc) is 1.96. The molecular weight excluding hydrogens is 188 g/mol. The van der Waals surface area contributed by atoms with Crippen LogP contribution < -0.4 is 0 Å². The van der Waals surface area contributed by atoms with Crippen molar-refractivity contribution in [1.29, 1.82) is 0 Å². The van der Waals surface area contributed by atoms with Crippen LogP contribution in [0.4, 0.5) is 0 Å². The van der Waals surface area contributed by atoms with E-state index >= 15 is 0 Å². The molecule has 0 heterocycles. The third kappa shape index (κ3) is 7.45. The predicted octanol–water partition coefficient (Wildman–Crippen LogP) is -0.241. The molecular formula is C5H10O6S. The first-order valence-corrected chi connectivity index (χ1v) is 4.59. The molecule has 0 aromatic rings. The topological polar surface area (TPSA) is 89.9 Å². The van der Waals surface area contributed by atoms with Gasteiger partial charge in [0.2, 0.25) is 0 Å². The van der Waals surface area contributed by atoms with Crippen molar-refractivity contribution in [3.63, 3.8) is 0 Å². The normalized spacial score (nSPS) is 11.2. The van der Waals surface area contributed by atoms with E-state index in [2.05, 4.69) is 8.92 Å². The van der Waals surface area contributed by atoms with Gasteiger partial charge in [-0.1, -0.05) is 6.92 Å². The fraction of sp³-hybridized carbons (Fsp3) is 0.800. The van der Waals surface area contributed by atoms with Gasteiger partial charge in [0.1, 0.15) is 13.2 Å². The largest absolute Gasteiger partial charge is 0.463 e. The van der Waals surface area contributed by atoms with E-state index in [9.17, 15) is 13.2 Å². The quantitative estimate of drug-likeness (QED) is 0.372. The molecule has 0 saturated carbocycles. The predicted molar refractivity (Wildman–Crippen MR) is 38.8 cm³/mol. The van der Waals surface area contributed by atoms with Gasteiger partial charge in [0.25, 0.3) is 0 Å². The maximum Gasteiger partial charge on any atom is 0.397 e. The Morgan fingerprint density at radius 1 is 1.42 bits per heavy atom. The number of carbonyl (C=O) groups is 1. The zero-order valence-corrected chi connectivity index (χ0v) is 7.33. The van der Waals surface area contributed by atoms with E-state index in [0.29, 0.717) is 0 Å². The summed E-state index contributed by atoms with van der Waals surface area (Å²) < 4.78 is 36.2. The molecule has 0 aliphatic rings. The third-order valence-electron chi connectivity index (χ3n) is 0.867. The van der Waals surface area contributed by atoms with Gasteiger partial charge in [-0.2, -0.15) is 8.42 Å². The molecule has 72 valence electrons. The van der Waals surface area contributed by atoms with E-state index in [4.69, 9.17) is 4.55 Å². The Balaban J connectivity index is 3.40. The van der Waals surface area contributed by atoms with Gasteiger partial charge in [0.05, 0.1) is 0 Å². The maximum absolute atomic E-state index is 10.4. The van der Waals surface area contributed by atoms with Crippen LogP contribution in [0.5, 0.6) is 0 Å². The van der Waals surface area contributed by atoms with Crippen molar-refractivity contribution in [2.45, 2.75) is 13.3 Å². The van der Waals surface area contributed by atoms with Crippen molar-refractivity contribution < 1.29 is 26.7 Å². The van der Waals surface area contributed by atoms with Crippen LogP contribution in [-0.2, 0) is 24.1 Å². The first-order chi connectivity index (χ1) is 5.45. The second kappa shape index (κ2) is 5.07. The summed E-state index contributed by atoms with van der Waals surface area (Å²) in [4.78, 5) is 10.4. The first-order valence-electron chi connectivity index (χ1n) is 3.23. The number of rotatable bonds is 5. The summed E-state index contributed by atoms with van der Waals surface area (Å²) in [5.74, 6) is -0.450. The minimum absolute atomic E-state index is 0.188. The molecule has 0 aromatic carbocycles. The van der Waals surface area contributed by atoms with Crippen molar-refractivity contribution in [2.24, 2.45) is 0 Å². The Hall–Kier alpha value is -0.660. The number of hydrogen-bond acceptors (Lipinski definition) is 5. The SMILES string of the molecule is CCC(=O)OCCOS(=O)(=O)O. The monoisotopic (exact) mass is 198 g/mol. The van der Waals surface area contributed by atoms with E-state index in [1.165, 1.54) is 0 Å². The van der Waals surface area contributed by atoms with Gasteiger partial charge >= 0.3 is 16.4 Å². The molecule has 0 spiro atoms. The van der Waals surface area contributed by atoms with Crippen molar-refractivity contribution in [3.05, 3.63) is 0 Å². The van der Waals surface area contributed by atoms with E-state index in [0.717, 1.165) is 0 Å². The summed E-state index contributed by atoms with van der Waals surface area (Å²) in [6.07, 6.45) is 0.214. The first kappa shape index (κ1) is 11.3. The standard InChI is InChI=1S/C5H10O6S/c1-2-5(6)10-3-4-11-12(7,8)9/h2-4H2,1H3,(H,7,8,9). The highest BCUT2D eigenvalue weighted by Crippen LogP contribution is 1.88. The highest BCUT2D eigenvalue weighted by atomic mass is 32.3. The minimum atomic E-state index is -4.42. The molecule has 0 radical (unpaired) electrons. The molecule has 0 saturated heterocycles. The molecule has 6 nitrogen and oxygen atoms in total. The highest BCUT2D eigenvalue weighted by molar-refractivity contribution is 7.80. The van der Waals surface area contributed by atoms with Crippen molar-refractivity contribution in [2.75, 3.05) is 13.2 Å². The molecule has 0 atom stereocenters. The summed E-state index contributed by atoms with van der Waals surface area (Å²) in [5, 5.41) is 0. The van der Waals surface area contributed by atoms with E-state index in [1.807, 2.05) is 0 Å². The lowest BCUT2D eigenvalue weighted by Gasteiger charge is -2.01. The van der Waals surface area contributed by atoms with Crippen LogP contribution in [0.15, 0.2) is 0 Å². The van der Waals surface area contributed by atoms with Gasteiger partial charge in [-0.05, 0) is 0 Å². The van der Waals surface area contributed by atoms with Crippen molar-refractivity contribution in [3.8, 4) is 0 Å². The molecule has 0 aliphatic carbocycles. The Labute approximate surface area is 70.4 Å². The van der Waals surface area contributed by atoms with Gasteiger partial charge in [-0.25, -0.2) is 4.18 Å². The molecule has 0 unspecified atom stereocenters. The Morgan fingerprint density at radius 3 is 2.42 bits per heavy atom. The van der Waals surface area contributed by atoms with Crippen LogP contribution in [-0.4, -0.2) is 32.2 Å². The third-order valence-corrected chi connectivity index (χ3v) is 1.33. The highest BCUT2D eigenvalue weighted by Gasteiger charge is 2.04. The van der Waals surface area contributed by atoms with Gasteiger partial charge in [-0.3, -0.25) is 9.35 Å². The second-order valence-corrected chi connectivity index (χ2v) is 2.91. The molecule has 0 aliphatic heterocycles. The fourth-order valence-electron chi connectivity index (χ4n) is 0.397. The van der Waals surface area contributed by atoms with Gasteiger partial charge in [-0.15, -0.1) is 0 Å². The number of esters is 1. The van der Waals surface area contributed by atoms with Crippen molar-refractivity contribution in [1.82, 2.24) is 0 Å². The molecule has 0 amide bonds. The smallest absolute Gasteiger partial charge is 0.397 e. The zero-order valence-electron chi connectivity index (χ0n) is 6.52. The van der Waals surface area contributed by atoms with Crippen LogP contribution in [0.3, 0.4) is 0 Å². The Morgan fingerprint density at radius 2 is 2.00 bits per heavy atom. The van der Waals surface area contributed by atoms with E-state index < -0.39 is 16.4 Å². The fourth-order valence-corrected chi connectivity index (χ4v) is 0.676. The number of hydrogen-bond donors (Lipinski definition) is 1. The second-order valence-electron chi connectivity index (χ2n) is 1.82. The van der Waals surface area contributed by atoms with Crippen LogP contribution in [0.2, 0.25) is 0 Å². The summed E-state index contributed by atoms with van der Waals surface area (Å²) in [7, 11) is -4.42. The molecule has 0 fully saturated rings. The zero-order chi connectivity index (χ0) is 9.61. The van der Waals surface area contributed by atoms with Crippen LogP contribution in [0, 0.1) is 0 Å². The maximum atomic E-state index is 10.4. The lowest BCUT2D eigenvalue weighted by Crippen LogP contribution is -2.12. The van der Waals surface area contributed by atoms with Gasteiger partial charge < -0.3 is 4.74 Å². The summed E-state index contributed by atoms with van der Waals surface area (Å²) in [6.45, 7) is 1.04. The number of carbonyl (C=O) groups excluding carboxylic acids is 1. The molecule has 0 bridgehead atoms. The summed E-state index contributed by atoms with van der Waals surface area (Å²) in [5.41, 5.74) is 0. The molecule has 1 N–H and O–H groups in total. The number of ether oxygens (including phenoxy) is 1. The van der Waals surface area contributed by atoms with Crippen LogP contribution >= 0.6 is 0 Å². The van der Waals surface area contributed by atoms with Gasteiger partial charge in [0, 0.05) is 6.42 Å². The molecule has 0 rings (SSSR count). The Kier molecular flexibility index (Phi) is 4.79. The van der Waals surface area contributed by atoms with Crippen LogP contribution in [0.1, 0.15) is 13.3 Å². The van der Waals surface area contributed by atoms with Crippen LogP contribution in [0.25, 0.3) is 0 Å². The lowest BCUT2D eigenvalue weighted by atomic mass is 10.5. The average molecular weight is 198 g/mol. The van der Waals surface area contributed by atoms with Crippen molar-refractivity contribution >= 4 is 16.4 Å². The minimum Gasteiger partial charge on any atom is -0.463 e. The molecule has 12 heavy (non-hydrogen) atoms.